The van der Waals surface area contributed by atoms with Gasteiger partial charge in [0, 0.05) is 16.8 Å². The van der Waals surface area contributed by atoms with Crippen LogP contribution in [0.25, 0.3) is 0 Å². The molecular formula is C26H27N3O5. The Kier molecular flexibility index (Phi) is 9.04. The topological polar surface area (TPSA) is 98.3 Å². The fourth-order valence-corrected chi connectivity index (χ4v) is 3.00. The van der Waals surface area contributed by atoms with Gasteiger partial charge in [-0.1, -0.05) is 30.3 Å². The zero-order chi connectivity index (χ0) is 24.2. The fourth-order valence-electron chi connectivity index (χ4n) is 3.00. The molecule has 2 amide bonds. The van der Waals surface area contributed by atoms with Crippen LogP contribution in [0.1, 0.15) is 29.8 Å². The molecule has 0 heterocycles. The number of hydrogen-bond acceptors (Lipinski definition) is 6. The molecule has 3 aromatic carbocycles. The van der Waals surface area contributed by atoms with Crippen LogP contribution in [-0.2, 0) is 4.79 Å². The standard InChI is InChI=1S/C26H27N3O5/c1-3-32-23-15-14-19(16-24(23)33-4-2)26(31)29-27-17-20-10-8-9-13-22(20)34-18-25(30)28-21-11-6-5-7-12-21/h5-17H,3-4,18H2,1-2H3,(H,28,30)(H,29,31)/b27-17+. The van der Waals surface area contributed by atoms with Gasteiger partial charge in [0.15, 0.2) is 18.1 Å². The molecule has 0 aromatic heterocycles. The maximum atomic E-state index is 12.5. The van der Waals surface area contributed by atoms with E-state index in [1.54, 1.807) is 54.6 Å². The van der Waals surface area contributed by atoms with Crippen LogP contribution in [0.15, 0.2) is 77.9 Å². The first-order valence-electron chi connectivity index (χ1n) is 10.9. The zero-order valence-electron chi connectivity index (χ0n) is 19.1. The predicted octanol–water partition coefficient (Wildman–Crippen LogP) is 4.27. The van der Waals surface area contributed by atoms with Gasteiger partial charge in [-0.25, -0.2) is 5.43 Å². The van der Waals surface area contributed by atoms with Crippen molar-refractivity contribution < 1.29 is 23.8 Å². The summed E-state index contributed by atoms with van der Waals surface area (Å²) in [5.74, 6) is 0.844. The molecule has 3 rings (SSSR count). The molecule has 0 aliphatic heterocycles. The second-order valence-corrected chi connectivity index (χ2v) is 6.97. The fraction of sp³-hybridized carbons (Fsp3) is 0.192. The Morgan fingerprint density at radius 1 is 0.824 bits per heavy atom. The van der Waals surface area contributed by atoms with Gasteiger partial charge in [0.2, 0.25) is 0 Å². The molecule has 0 aliphatic rings. The first-order chi connectivity index (χ1) is 16.6. The van der Waals surface area contributed by atoms with Crippen LogP contribution in [0, 0.1) is 0 Å². The first kappa shape index (κ1) is 24.3. The van der Waals surface area contributed by atoms with Crippen LogP contribution in [0.5, 0.6) is 17.2 Å². The van der Waals surface area contributed by atoms with E-state index in [1.165, 1.54) is 6.21 Å². The number of carbonyl (C=O) groups excluding carboxylic acids is 2. The predicted molar refractivity (Wildman–Crippen MR) is 131 cm³/mol. The number of carbonyl (C=O) groups is 2. The lowest BCUT2D eigenvalue weighted by Crippen LogP contribution is -2.20. The third kappa shape index (κ3) is 7.09. The summed E-state index contributed by atoms with van der Waals surface area (Å²) in [6.45, 7) is 4.51. The lowest BCUT2D eigenvalue weighted by Gasteiger charge is -2.12. The lowest BCUT2D eigenvalue weighted by molar-refractivity contribution is -0.118. The van der Waals surface area contributed by atoms with Crippen molar-refractivity contribution in [3.63, 3.8) is 0 Å². The largest absolute Gasteiger partial charge is 0.490 e. The van der Waals surface area contributed by atoms with Crippen molar-refractivity contribution in [3.05, 3.63) is 83.9 Å². The summed E-state index contributed by atoms with van der Waals surface area (Å²) < 4.78 is 16.7. The van der Waals surface area contributed by atoms with E-state index in [9.17, 15) is 9.59 Å². The minimum atomic E-state index is -0.402. The number of rotatable bonds is 11. The van der Waals surface area contributed by atoms with Crippen molar-refractivity contribution in [2.45, 2.75) is 13.8 Å². The van der Waals surface area contributed by atoms with Crippen LogP contribution < -0.4 is 25.0 Å². The van der Waals surface area contributed by atoms with Gasteiger partial charge in [0.1, 0.15) is 5.75 Å². The van der Waals surface area contributed by atoms with Gasteiger partial charge < -0.3 is 19.5 Å². The summed E-state index contributed by atoms with van der Waals surface area (Å²) in [5.41, 5.74) is 4.17. The van der Waals surface area contributed by atoms with Crippen LogP contribution in [0.4, 0.5) is 5.69 Å². The Morgan fingerprint density at radius 3 is 2.29 bits per heavy atom. The Balaban J connectivity index is 1.60. The Bertz CT molecular complexity index is 1130. The molecule has 0 saturated carbocycles. The second-order valence-electron chi connectivity index (χ2n) is 6.97. The molecule has 8 nitrogen and oxygen atoms in total. The Labute approximate surface area is 198 Å². The number of nitrogens with one attached hydrogen (secondary N) is 2. The molecule has 0 unspecified atom stereocenters. The number of amides is 2. The monoisotopic (exact) mass is 461 g/mol. The van der Waals surface area contributed by atoms with Crippen LogP contribution in [-0.4, -0.2) is 37.8 Å². The first-order valence-corrected chi connectivity index (χ1v) is 10.9. The third-order valence-corrected chi connectivity index (χ3v) is 4.51. The molecule has 34 heavy (non-hydrogen) atoms. The van der Waals surface area contributed by atoms with Crippen molar-refractivity contribution >= 4 is 23.7 Å². The van der Waals surface area contributed by atoms with Crippen molar-refractivity contribution in [1.29, 1.82) is 0 Å². The van der Waals surface area contributed by atoms with E-state index in [-0.39, 0.29) is 12.5 Å². The number of nitrogens with zero attached hydrogens (tertiary/aromatic N) is 1. The number of hydrogen-bond donors (Lipinski definition) is 2. The Morgan fingerprint density at radius 2 is 1.53 bits per heavy atom. The highest BCUT2D eigenvalue weighted by atomic mass is 16.5. The van der Waals surface area contributed by atoms with Crippen LogP contribution in [0.3, 0.4) is 0 Å². The molecule has 0 spiro atoms. The number of anilines is 1. The molecule has 2 N–H and O–H groups in total. The highest BCUT2D eigenvalue weighted by Gasteiger charge is 2.11. The summed E-state index contributed by atoms with van der Waals surface area (Å²) in [6.07, 6.45) is 1.46. The SMILES string of the molecule is CCOc1ccc(C(=O)N/N=C/c2ccccc2OCC(=O)Nc2ccccc2)cc1OCC. The minimum absolute atomic E-state index is 0.168. The number of hydrazone groups is 1. The van der Waals surface area contributed by atoms with Crippen molar-refractivity contribution in [3.8, 4) is 17.2 Å². The molecule has 3 aromatic rings. The summed E-state index contributed by atoms with van der Waals surface area (Å²) in [6, 6.07) is 21.2. The highest BCUT2D eigenvalue weighted by Crippen LogP contribution is 2.28. The van der Waals surface area contributed by atoms with Gasteiger partial charge in [-0.2, -0.15) is 5.10 Å². The molecule has 0 bridgehead atoms. The quantitative estimate of drug-likeness (QED) is 0.328. The smallest absolute Gasteiger partial charge is 0.271 e. The third-order valence-electron chi connectivity index (χ3n) is 4.51. The minimum Gasteiger partial charge on any atom is -0.490 e. The summed E-state index contributed by atoms with van der Waals surface area (Å²) in [5, 5.41) is 6.79. The van der Waals surface area contributed by atoms with E-state index in [4.69, 9.17) is 14.2 Å². The van der Waals surface area contributed by atoms with Gasteiger partial charge >= 0.3 is 0 Å². The van der Waals surface area contributed by atoms with Crippen LogP contribution in [0.2, 0.25) is 0 Å². The summed E-state index contributed by atoms with van der Waals surface area (Å²) in [7, 11) is 0. The van der Waals surface area contributed by atoms with E-state index in [0.29, 0.717) is 47.3 Å². The van der Waals surface area contributed by atoms with Crippen molar-refractivity contribution in [1.82, 2.24) is 5.43 Å². The summed E-state index contributed by atoms with van der Waals surface area (Å²) >= 11 is 0. The molecular weight excluding hydrogens is 434 g/mol. The number of benzene rings is 3. The van der Waals surface area contributed by atoms with Gasteiger partial charge in [-0.15, -0.1) is 0 Å². The van der Waals surface area contributed by atoms with E-state index in [0.717, 1.165) is 0 Å². The van der Waals surface area contributed by atoms with Gasteiger partial charge in [0.05, 0.1) is 19.4 Å². The Hall–Kier alpha value is -4.33. The van der Waals surface area contributed by atoms with E-state index >= 15 is 0 Å². The number of para-hydroxylation sites is 2. The molecule has 176 valence electrons. The molecule has 0 saturated heterocycles. The number of ether oxygens (including phenoxy) is 3. The molecule has 0 aliphatic carbocycles. The summed E-state index contributed by atoms with van der Waals surface area (Å²) in [4.78, 5) is 24.7. The average Bonchev–Trinajstić information content (AvgIpc) is 2.85. The van der Waals surface area contributed by atoms with E-state index < -0.39 is 5.91 Å². The maximum Gasteiger partial charge on any atom is 0.271 e. The van der Waals surface area contributed by atoms with Gasteiger partial charge in [-0.3, -0.25) is 9.59 Å². The normalized spacial score (nSPS) is 10.5. The van der Waals surface area contributed by atoms with Crippen LogP contribution >= 0.6 is 0 Å². The molecule has 0 atom stereocenters. The molecule has 0 radical (unpaired) electrons. The molecule has 0 fully saturated rings. The van der Waals surface area contributed by atoms with Gasteiger partial charge in [0.25, 0.3) is 11.8 Å². The maximum absolute atomic E-state index is 12.5. The van der Waals surface area contributed by atoms with Crippen molar-refractivity contribution in [2.24, 2.45) is 5.10 Å². The molecule has 8 heteroatoms. The average molecular weight is 462 g/mol. The second kappa shape index (κ2) is 12.6. The highest BCUT2D eigenvalue weighted by molar-refractivity contribution is 5.96. The van der Waals surface area contributed by atoms with E-state index in [1.807, 2.05) is 32.0 Å². The zero-order valence-corrected chi connectivity index (χ0v) is 19.1. The lowest BCUT2D eigenvalue weighted by atomic mass is 10.2. The van der Waals surface area contributed by atoms with Gasteiger partial charge in [-0.05, 0) is 56.3 Å². The van der Waals surface area contributed by atoms with Crippen molar-refractivity contribution in [2.75, 3.05) is 25.1 Å². The van der Waals surface area contributed by atoms with E-state index in [2.05, 4.69) is 15.8 Å².